The average molecular weight is 423 g/mol. The minimum absolute atomic E-state index is 0.335. The van der Waals surface area contributed by atoms with Crippen molar-refractivity contribution >= 4 is 26.6 Å². The van der Waals surface area contributed by atoms with Gasteiger partial charge in [0.2, 0.25) is 0 Å². The van der Waals surface area contributed by atoms with Crippen molar-refractivity contribution in [3.05, 3.63) is 78.3 Å². The minimum atomic E-state index is -3.82. The number of likely N-dealkylation sites (tertiary alicyclic amines) is 1. The quantitative estimate of drug-likeness (QED) is 0.491. The molecule has 1 atom stereocenters. The number of aromatic nitrogens is 2. The number of aromatic amines is 1. The average Bonchev–Trinajstić information content (AvgIpc) is 3.50. The molecule has 1 aliphatic heterocycles. The first kappa shape index (κ1) is 18.9. The molecule has 2 N–H and O–H groups in total. The fraction of sp³-hybridized carbons (Fsp3) is 0.227. The topological polar surface area (TPSA) is 91.2 Å². The van der Waals surface area contributed by atoms with Crippen LogP contribution in [-0.2, 0) is 16.6 Å². The highest BCUT2D eigenvalue weighted by molar-refractivity contribution is 7.92. The summed E-state index contributed by atoms with van der Waals surface area (Å²) in [6, 6.07) is 15.9. The number of hydrogen-bond donors (Lipinski definition) is 2. The molecule has 154 valence electrons. The highest BCUT2D eigenvalue weighted by Gasteiger charge is 2.25. The molecule has 0 spiro atoms. The molecule has 0 saturated carbocycles. The third-order valence-corrected chi connectivity index (χ3v) is 6.76. The van der Waals surface area contributed by atoms with Crippen LogP contribution >= 0.6 is 0 Å². The highest BCUT2D eigenvalue weighted by atomic mass is 32.2. The first-order chi connectivity index (χ1) is 14.6. The molecular formula is C22H22N4O3S. The van der Waals surface area contributed by atoms with Gasteiger partial charge in [0.25, 0.3) is 0 Å². The van der Waals surface area contributed by atoms with Crippen molar-refractivity contribution in [2.24, 2.45) is 0 Å². The van der Waals surface area contributed by atoms with Gasteiger partial charge in [0.1, 0.15) is 6.26 Å². The largest absolute Gasteiger partial charge is 0.435 e. The van der Waals surface area contributed by atoms with Crippen LogP contribution in [0, 0.1) is 0 Å². The van der Waals surface area contributed by atoms with Gasteiger partial charge >= 0.3 is 15.2 Å². The molecule has 2 aromatic carbocycles. The lowest BCUT2D eigenvalue weighted by molar-refractivity contribution is 0.328. The molecule has 0 amide bonds. The summed E-state index contributed by atoms with van der Waals surface area (Å²) in [7, 11) is -3.82. The minimum Gasteiger partial charge on any atom is -0.435 e. The summed E-state index contributed by atoms with van der Waals surface area (Å²) in [4.78, 5) is 9.51. The fourth-order valence-electron chi connectivity index (χ4n) is 4.15. The summed E-state index contributed by atoms with van der Waals surface area (Å²) in [6.45, 7) is 2.85. The van der Waals surface area contributed by atoms with Crippen LogP contribution in [0.3, 0.4) is 0 Å². The first-order valence-electron chi connectivity index (χ1n) is 9.88. The second-order valence-electron chi connectivity index (χ2n) is 7.61. The lowest BCUT2D eigenvalue weighted by Gasteiger charge is -2.16. The molecule has 8 heteroatoms. The molecular weight excluding hydrogens is 400 g/mol. The Morgan fingerprint density at radius 2 is 2.10 bits per heavy atom. The van der Waals surface area contributed by atoms with Crippen LogP contribution in [0.5, 0.6) is 0 Å². The maximum atomic E-state index is 12.4. The number of fused-ring (bicyclic) bond motifs is 1. The Hall–Kier alpha value is -3.10. The lowest BCUT2D eigenvalue weighted by Crippen LogP contribution is -2.19. The molecule has 0 aliphatic carbocycles. The van der Waals surface area contributed by atoms with Gasteiger partial charge < -0.3 is 9.40 Å². The van der Waals surface area contributed by atoms with Crippen molar-refractivity contribution in [2.45, 2.75) is 24.1 Å². The van der Waals surface area contributed by atoms with Crippen LogP contribution in [0.4, 0.5) is 5.69 Å². The number of hydrogen-bond acceptors (Lipinski definition) is 5. The summed E-state index contributed by atoms with van der Waals surface area (Å²) < 4.78 is 32.2. The van der Waals surface area contributed by atoms with Gasteiger partial charge in [0.15, 0.2) is 0 Å². The van der Waals surface area contributed by atoms with Gasteiger partial charge in [-0.2, -0.15) is 8.42 Å². The Morgan fingerprint density at radius 3 is 2.97 bits per heavy atom. The third kappa shape index (κ3) is 3.71. The van der Waals surface area contributed by atoms with Crippen LogP contribution in [0.1, 0.15) is 23.5 Å². The Morgan fingerprint density at radius 1 is 1.20 bits per heavy atom. The van der Waals surface area contributed by atoms with Gasteiger partial charge in [-0.3, -0.25) is 9.62 Å². The van der Waals surface area contributed by atoms with Gasteiger partial charge in [-0.15, -0.1) is 0 Å². The molecule has 0 radical (unpaired) electrons. The van der Waals surface area contributed by atoms with Crippen LogP contribution in [0.25, 0.3) is 10.9 Å². The maximum Gasteiger partial charge on any atom is 0.336 e. The molecule has 0 bridgehead atoms. The van der Waals surface area contributed by atoms with Gasteiger partial charge in [-0.05, 0) is 48.2 Å². The molecule has 3 heterocycles. The Labute approximate surface area is 174 Å². The van der Waals surface area contributed by atoms with E-state index in [0.717, 1.165) is 37.1 Å². The zero-order valence-corrected chi connectivity index (χ0v) is 17.1. The number of para-hydroxylation sites is 1. The second kappa shape index (κ2) is 7.62. The van der Waals surface area contributed by atoms with Crippen LogP contribution in [0.2, 0.25) is 0 Å². The second-order valence-corrected chi connectivity index (χ2v) is 9.17. The number of rotatable bonds is 6. The Kier molecular flexibility index (Phi) is 4.80. The normalized spacial score (nSPS) is 17.5. The SMILES string of the molecule is O=S(=O)(Nc1cccc(C2CCN(Cc3c[nH]c4ccccc34)C2)c1)c1ncco1. The van der Waals surface area contributed by atoms with E-state index in [-0.39, 0.29) is 5.22 Å². The first-order valence-corrected chi connectivity index (χ1v) is 11.4. The van der Waals surface area contributed by atoms with E-state index in [1.807, 2.05) is 18.2 Å². The fourth-order valence-corrected chi connectivity index (χ4v) is 5.06. The number of benzene rings is 2. The summed E-state index contributed by atoms with van der Waals surface area (Å²) in [5, 5.41) is 0.933. The standard InChI is InChI=1S/C22H22N4O3S/c27-30(28,22-23-9-11-29-22)25-19-5-3-4-16(12-19)17-8-10-26(14-17)15-18-13-24-21-7-2-1-6-20(18)21/h1-7,9,11-13,17,24-25H,8,10,14-15H2. The van der Waals surface area contributed by atoms with E-state index in [1.54, 1.807) is 6.07 Å². The predicted molar refractivity (Wildman–Crippen MR) is 115 cm³/mol. The molecule has 1 unspecified atom stereocenters. The number of nitrogens with one attached hydrogen (secondary N) is 2. The molecule has 1 fully saturated rings. The lowest BCUT2D eigenvalue weighted by atomic mass is 9.98. The zero-order chi connectivity index (χ0) is 20.6. The van der Waals surface area contributed by atoms with Crippen LogP contribution < -0.4 is 4.72 Å². The summed E-state index contributed by atoms with van der Waals surface area (Å²) in [5.74, 6) is 0.362. The number of anilines is 1. The van der Waals surface area contributed by atoms with E-state index in [1.165, 1.54) is 23.4 Å². The van der Waals surface area contributed by atoms with Gasteiger partial charge in [-0.1, -0.05) is 30.3 Å². The van der Waals surface area contributed by atoms with Gasteiger partial charge in [-0.25, -0.2) is 4.98 Å². The molecule has 2 aromatic heterocycles. The van der Waals surface area contributed by atoms with E-state index >= 15 is 0 Å². The van der Waals surface area contributed by atoms with Crippen molar-refractivity contribution in [1.82, 2.24) is 14.9 Å². The number of H-pyrrole nitrogens is 1. The number of oxazole rings is 1. The van der Waals surface area contributed by atoms with Gasteiger partial charge in [0, 0.05) is 35.9 Å². The highest BCUT2D eigenvalue weighted by Crippen LogP contribution is 2.31. The van der Waals surface area contributed by atoms with Crippen molar-refractivity contribution < 1.29 is 12.8 Å². The molecule has 5 rings (SSSR count). The monoisotopic (exact) mass is 422 g/mol. The third-order valence-electron chi connectivity index (χ3n) is 5.59. The Bertz CT molecular complexity index is 1260. The number of nitrogens with zero attached hydrogens (tertiary/aromatic N) is 2. The summed E-state index contributed by atoms with van der Waals surface area (Å²) >= 11 is 0. The maximum absolute atomic E-state index is 12.4. The Balaban J connectivity index is 1.28. The predicted octanol–water partition coefficient (Wildman–Crippen LogP) is 3.95. The van der Waals surface area contributed by atoms with E-state index in [0.29, 0.717) is 11.6 Å². The van der Waals surface area contributed by atoms with Crippen molar-refractivity contribution in [2.75, 3.05) is 17.8 Å². The summed E-state index contributed by atoms with van der Waals surface area (Å²) in [6.07, 6.45) is 5.69. The molecule has 1 saturated heterocycles. The van der Waals surface area contributed by atoms with Crippen molar-refractivity contribution in [1.29, 1.82) is 0 Å². The van der Waals surface area contributed by atoms with Crippen LogP contribution in [0.15, 0.2) is 76.8 Å². The number of sulfonamides is 1. The van der Waals surface area contributed by atoms with E-state index in [2.05, 4.69) is 50.1 Å². The van der Waals surface area contributed by atoms with Crippen molar-refractivity contribution in [3.8, 4) is 0 Å². The van der Waals surface area contributed by atoms with Crippen LogP contribution in [-0.4, -0.2) is 36.4 Å². The molecule has 7 nitrogen and oxygen atoms in total. The molecule has 1 aliphatic rings. The van der Waals surface area contributed by atoms with Gasteiger partial charge in [0.05, 0.1) is 6.20 Å². The zero-order valence-electron chi connectivity index (χ0n) is 16.3. The van der Waals surface area contributed by atoms with Crippen molar-refractivity contribution in [3.63, 3.8) is 0 Å². The summed E-state index contributed by atoms with van der Waals surface area (Å²) in [5.41, 5.74) is 4.11. The van der Waals surface area contributed by atoms with E-state index in [4.69, 9.17) is 4.42 Å². The smallest absolute Gasteiger partial charge is 0.336 e. The molecule has 4 aromatic rings. The van der Waals surface area contributed by atoms with E-state index in [9.17, 15) is 8.42 Å². The van der Waals surface area contributed by atoms with E-state index < -0.39 is 10.0 Å². The molecule has 30 heavy (non-hydrogen) atoms.